The van der Waals surface area contributed by atoms with E-state index in [0.717, 1.165) is 10.8 Å². The number of amides is 2. The third kappa shape index (κ3) is 3.88. The highest BCUT2D eigenvalue weighted by atomic mass is 16.5. The maximum atomic E-state index is 12.3. The first-order chi connectivity index (χ1) is 14.5. The molecule has 1 aliphatic rings. The summed E-state index contributed by atoms with van der Waals surface area (Å²) in [5.41, 5.74) is 2.17. The Bertz CT molecular complexity index is 1160. The summed E-state index contributed by atoms with van der Waals surface area (Å²) in [5, 5.41) is 19.6. The second-order valence-corrected chi connectivity index (χ2v) is 7.22. The number of carbonyl (C=O) groups excluding carboxylic acids is 2. The molecule has 30 heavy (non-hydrogen) atoms. The van der Waals surface area contributed by atoms with E-state index in [1.807, 2.05) is 36.4 Å². The Kier molecular flexibility index (Phi) is 5.20. The Morgan fingerprint density at radius 2 is 1.83 bits per heavy atom. The first kappa shape index (κ1) is 19.6. The number of hydrogen-bond donors (Lipinski definition) is 3. The van der Waals surface area contributed by atoms with Crippen LogP contribution in [-0.2, 0) is 15.2 Å². The number of ether oxygens (including phenoxy) is 1. The van der Waals surface area contributed by atoms with Crippen LogP contribution in [0.3, 0.4) is 0 Å². The molecule has 1 atom stereocenters. The molecule has 0 radical (unpaired) electrons. The SMILES string of the molecule is CC(CC1(O)C(=O)Nc2ccccc21)=NNC(=O)COc1ccc2ccccc2c1. The lowest BCUT2D eigenvalue weighted by molar-refractivity contribution is -0.132. The highest BCUT2D eigenvalue weighted by molar-refractivity contribution is 6.07. The fraction of sp³-hybridized carbons (Fsp3) is 0.174. The van der Waals surface area contributed by atoms with E-state index in [4.69, 9.17) is 4.74 Å². The molecule has 3 N–H and O–H groups in total. The standard InChI is InChI=1S/C23H21N3O4/c1-15(13-23(29)19-8-4-5-9-20(19)24-22(23)28)25-26-21(27)14-30-18-11-10-16-6-2-3-7-17(16)12-18/h2-12,29H,13-14H2,1H3,(H,24,28)(H,26,27). The van der Waals surface area contributed by atoms with E-state index in [1.54, 1.807) is 37.3 Å². The molecule has 0 saturated carbocycles. The summed E-state index contributed by atoms with van der Waals surface area (Å²) in [6, 6.07) is 20.4. The number of hydrazone groups is 1. The zero-order chi connectivity index (χ0) is 21.1. The lowest BCUT2D eigenvalue weighted by Crippen LogP contribution is -2.36. The van der Waals surface area contributed by atoms with Crippen LogP contribution >= 0.6 is 0 Å². The molecular formula is C23H21N3O4. The van der Waals surface area contributed by atoms with E-state index in [2.05, 4.69) is 15.8 Å². The van der Waals surface area contributed by atoms with Gasteiger partial charge in [0.25, 0.3) is 11.8 Å². The second kappa shape index (κ2) is 7.96. The predicted molar refractivity (Wildman–Crippen MR) is 114 cm³/mol. The summed E-state index contributed by atoms with van der Waals surface area (Å²) in [6.45, 7) is 1.43. The zero-order valence-electron chi connectivity index (χ0n) is 16.4. The Labute approximate surface area is 173 Å². The fourth-order valence-corrected chi connectivity index (χ4v) is 3.48. The second-order valence-electron chi connectivity index (χ2n) is 7.22. The van der Waals surface area contributed by atoms with Crippen molar-refractivity contribution in [2.45, 2.75) is 18.9 Å². The van der Waals surface area contributed by atoms with Crippen LogP contribution in [0, 0.1) is 0 Å². The van der Waals surface area contributed by atoms with E-state index in [1.165, 1.54) is 0 Å². The van der Waals surface area contributed by atoms with Crippen molar-refractivity contribution in [3.63, 3.8) is 0 Å². The number of nitrogens with zero attached hydrogens (tertiary/aromatic N) is 1. The van der Waals surface area contributed by atoms with Crippen LogP contribution in [0.1, 0.15) is 18.9 Å². The molecule has 0 saturated heterocycles. The molecule has 0 spiro atoms. The molecule has 4 rings (SSSR count). The number of para-hydroxylation sites is 1. The summed E-state index contributed by atoms with van der Waals surface area (Å²) in [5.74, 6) is -0.368. The van der Waals surface area contributed by atoms with Crippen molar-refractivity contribution >= 4 is 34.0 Å². The molecule has 0 bridgehead atoms. The van der Waals surface area contributed by atoms with E-state index < -0.39 is 17.4 Å². The zero-order valence-corrected chi connectivity index (χ0v) is 16.4. The highest BCUT2D eigenvalue weighted by Gasteiger charge is 2.45. The minimum atomic E-state index is -1.71. The van der Waals surface area contributed by atoms with Crippen molar-refractivity contribution in [3.05, 3.63) is 72.3 Å². The molecule has 7 heteroatoms. The van der Waals surface area contributed by atoms with E-state index in [0.29, 0.717) is 22.7 Å². The molecule has 7 nitrogen and oxygen atoms in total. The van der Waals surface area contributed by atoms with E-state index in [-0.39, 0.29) is 13.0 Å². The number of rotatable bonds is 6. The number of carbonyl (C=O) groups is 2. The highest BCUT2D eigenvalue weighted by Crippen LogP contribution is 2.38. The summed E-state index contributed by atoms with van der Waals surface area (Å²) < 4.78 is 5.53. The van der Waals surface area contributed by atoms with Crippen LogP contribution < -0.4 is 15.5 Å². The van der Waals surface area contributed by atoms with Gasteiger partial charge in [0, 0.05) is 23.4 Å². The van der Waals surface area contributed by atoms with Crippen LogP contribution in [0.4, 0.5) is 5.69 Å². The van der Waals surface area contributed by atoms with Gasteiger partial charge >= 0.3 is 0 Å². The lowest BCUT2D eigenvalue weighted by Gasteiger charge is -2.20. The number of benzene rings is 3. The van der Waals surface area contributed by atoms with Crippen molar-refractivity contribution in [2.75, 3.05) is 11.9 Å². The minimum Gasteiger partial charge on any atom is -0.484 e. The molecule has 1 aliphatic heterocycles. The largest absolute Gasteiger partial charge is 0.484 e. The van der Waals surface area contributed by atoms with Gasteiger partial charge in [-0.2, -0.15) is 5.10 Å². The third-order valence-corrected chi connectivity index (χ3v) is 4.97. The maximum Gasteiger partial charge on any atom is 0.277 e. The van der Waals surface area contributed by atoms with Crippen molar-refractivity contribution in [1.29, 1.82) is 0 Å². The summed E-state index contributed by atoms with van der Waals surface area (Å²) in [7, 11) is 0. The van der Waals surface area contributed by atoms with E-state index >= 15 is 0 Å². The average molecular weight is 403 g/mol. The number of anilines is 1. The molecule has 152 valence electrons. The first-order valence-electron chi connectivity index (χ1n) is 9.53. The van der Waals surface area contributed by atoms with Gasteiger partial charge in [-0.05, 0) is 35.9 Å². The summed E-state index contributed by atoms with van der Waals surface area (Å²) in [4.78, 5) is 24.3. The predicted octanol–water partition coefficient (Wildman–Crippen LogP) is 2.94. The van der Waals surface area contributed by atoms with Gasteiger partial charge in [0.2, 0.25) is 0 Å². The Morgan fingerprint density at radius 1 is 1.10 bits per heavy atom. The third-order valence-electron chi connectivity index (χ3n) is 4.97. The van der Waals surface area contributed by atoms with Gasteiger partial charge in [-0.25, -0.2) is 5.43 Å². The molecular weight excluding hydrogens is 382 g/mol. The van der Waals surface area contributed by atoms with Gasteiger partial charge in [0.1, 0.15) is 5.75 Å². The Hall–Kier alpha value is -3.71. The minimum absolute atomic E-state index is 0.0400. The monoisotopic (exact) mass is 403 g/mol. The first-order valence-corrected chi connectivity index (χ1v) is 9.53. The van der Waals surface area contributed by atoms with Gasteiger partial charge in [-0.15, -0.1) is 0 Å². The number of hydrogen-bond acceptors (Lipinski definition) is 5. The van der Waals surface area contributed by atoms with Crippen LogP contribution in [0.25, 0.3) is 10.8 Å². The van der Waals surface area contributed by atoms with Gasteiger partial charge in [0.15, 0.2) is 12.2 Å². The number of aliphatic hydroxyl groups is 1. The lowest BCUT2D eigenvalue weighted by atomic mass is 9.90. The van der Waals surface area contributed by atoms with Gasteiger partial charge in [-0.1, -0.05) is 48.5 Å². The van der Waals surface area contributed by atoms with Crippen molar-refractivity contribution in [1.82, 2.24) is 5.43 Å². The molecule has 3 aromatic carbocycles. The van der Waals surface area contributed by atoms with E-state index in [9.17, 15) is 14.7 Å². The normalized spacial score (nSPS) is 18.1. The smallest absolute Gasteiger partial charge is 0.277 e. The maximum absolute atomic E-state index is 12.3. The van der Waals surface area contributed by atoms with Crippen molar-refractivity contribution < 1.29 is 19.4 Å². The molecule has 1 unspecified atom stereocenters. The number of fused-ring (bicyclic) bond motifs is 2. The van der Waals surface area contributed by atoms with Gasteiger partial charge in [-0.3, -0.25) is 9.59 Å². The van der Waals surface area contributed by atoms with Gasteiger partial charge < -0.3 is 15.2 Å². The van der Waals surface area contributed by atoms with Crippen LogP contribution in [0.5, 0.6) is 5.75 Å². The molecule has 0 fully saturated rings. The topological polar surface area (TPSA) is 100 Å². The molecule has 2 amide bonds. The number of nitrogens with one attached hydrogen (secondary N) is 2. The van der Waals surface area contributed by atoms with Crippen LogP contribution in [-0.4, -0.2) is 29.2 Å². The molecule has 0 aromatic heterocycles. The van der Waals surface area contributed by atoms with Crippen LogP contribution in [0.2, 0.25) is 0 Å². The van der Waals surface area contributed by atoms with Crippen LogP contribution in [0.15, 0.2) is 71.8 Å². The van der Waals surface area contributed by atoms with Crippen molar-refractivity contribution in [2.24, 2.45) is 5.10 Å². The Morgan fingerprint density at radius 3 is 2.67 bits per heavy atom. The molecule has 1 heterocycles. The fourth-order valence-electron chi connectivity index (χ4n) is 3.48. The quantitative estimate of drug-likeness (QED) is 0.435. The summed E-state index contributed by atoms with van der Waals surface area (Å²) in [6.07, 6.45) is -0.0400. The van der Waals surface area contributed by atoms with Gasteiger partial charge in [0.05, 0.1) is 0 Å². The molecule has 3 aromatic rings. The Balaban J connectivity index is 1.35. The van der Waals surface area contributed by atoms with Crippen molar-refractivity contribution in [3.8, 4) is 5.75 Å². The molecule has 0 aliphatic carbocycles. The summed E-state index contributed by atoms with van der Waals surface area (Å²) >= 11 is 0. The average Bonchev–Trinajstić information content (AvgIpc) is 3.00.